The maximum absolute atomic E-state index is 6.01. The first-order chi connectivity index (χ1) is 7.84. The highest BCUT2D eigenvalue weighted by Crippen LogP contribution is 2.36. The van der Waals surface area contributed by atoms with Crippen molar-refractivity contribution in [3.8, 4) is 0 Å². The molecular formula is C14H12ClN. The highest BCUT2D eigenvalue weighted by molar-refractivity contribution is 6.31. The molecule has 16 heavy (non-hydrogen) atoms. The summed E-state index contributed by atoms with van der Waals surface area (Å²) < 4.78 is 0. The molecule has 2 heteroatoms. The summed E-state index contributed by atoms with van der Waals surface area (Å²) in [7, 11) is 0. The zero-order valence-corrected chi connectivity index (χ0v) is 9.59. The van der Waals surface area contributed by atoms with E-state index in [1.807, 2.05) is 18.3 Å². The van der Waals surface area contributed by atoms with E-state index in [1.54, 1.807) is 0 Å². The Kier molecular flexibility index (Phi) is 2.33. The van der Waals surface area contributed by atoms with Crippen molar-refractivity contribution in [2.75, 3.05) is 5.32 Å². The summed E-state index contributed by atoms with van der Waals surface area (Å²) in [5.41, 5.74) is 5.09. The lowest BCUT2D eigenvalue weighted by Crippen LogP contribution is -1.95. The number of anilines is 1. The van der Waals surface area contributed by atoms with Crippen LogP contribution in [-0.2, 0) is 0 Å². The van der Waals surface area contributed by atoms with E-state index in [9.17, 15) is 0 Å². The van der Waals surface area contributed by atoms with Gasteiger partial charge in [-0.1, -0.05) is 29.8 Å². The summed E-state index contributed by atoms with van der Waals surface area (Å²) >= 11 is 6.01. The second kappa shape index (κ2) is 3.84. The van der Waals surface area contributed by atoms with Crippen molar-refractivity contribution in [2.24, 2.45) is 0 Å². The van der Waals surface area contributed by atoms with Crippen LogP contribution in [0.15, 0.2) is 48.2 Å². The molecule has 1 aromatic rings. The van der Waals surface area contributed by atoms with E-state index < -0.39 is 0 Å². The third-order valence-electron chi connectivity index (χ3n) is 3.02. The predicted molar refractivity (Wildman–Crippen MR) is 69.5 cm³/mol. The topological polar surface area (TPSA) is 12.0 Å². The first-order valence-electron chi connectivity index (χ1n) is 5.47. The first-order valence-corrected chi connectivity index (χ1v) is 5.85. The Morgan fingerprint density at radius 2 is 2.12 bits per heavy atom. The summed E-state index contributed by atoms with van der Waals surface area (Å²) in [5.74, 6) is 0. The molecule has 0 radical (unpaired) electrons. The summed E-state index contributed by atoms with van der Waals surface area (Å²) in [4.78, 5) is 0. The van der Waals surface area contributed by atoms with Crippen molar-refractivity contribution in [3.63, 3.8) is 0 Å². The number of nitrogens with one attached hydrogen (secondary N) is 1. The second-order valence-corrected chi connectivity index (χ2v) is 4.48. The number of hydrogen-bond acceptors (Lipinski definition) is 1. The molecule has 80 valence electrons. The van der Waals surface area contributed by atoms with Crippen LogP contribution < -0.4 is 5.32 Å². The van der Waals surface area contributed by atoms with Crippen LogP contribution in [0.25, 0.3) is 5.57 Å². The molecule has 1 aliphatic heterocycles. The van der Waals surface area contributed by atoms with Gasteiger partial charge in [-0.3, -0.25) is 0 Å². The van der Waals surface area contributed by atoms with Crippen LogP contribution >= 0.6 is 11.6 Å². The fourth-order valence-electron chi connectivity index (χ4n) is 2.25. The molecule has 0 bridgehead atoms. The van der Waals surface area contributed by atoms with Gasteiger partial charge in [0.2, 0.25) is 0 Å². The Labute approximate surface area is 100 Å². The molecule has 0 fully saturated rings. The standard InChI is InChI=1S/C14H12ClN/c15-11-5-6-13-12-4-2-1-3-10(12)7-8-16-14(13)9-11/h1,3,5-9,16H,2,4H2. The molecule has 1 aromatic carbocycles. The number of benzene rings is 1. The minimum absolute atomic E-state index is 0.773. The van der Waals surface area contributed by atoms with Gasteiger partial charge < -0.3 is 5.32 Å². The molecule has 0 spiro atoms. The minimum atomic E-state index is 0.773. The molecule has 0 saturated heterocycles. The third-order valence-corrected chi connectivity index (χ3v) is 3.25. The molecule has 3 rings (SSSR count). The van der Waals surface area contributed by atoms with Gasteiger partial charge >= 0.3 is 0 Å². The molecular weight excluding hydrogens is 218 g/mol. The Hall–Kier alpha value is -1.47. The molecule has 0 aromatic heterocycles. The van der Waals surface area contributed by atoms with Crippen molar-refractivity contribution < 1.29 is 0 Å². The average Bonchev–Trinajstić information content (AvgIpc) is 2.47. The number of fused-ring (bicyclic) bond motifs is 2. The van der Waals surface area contributed by atoms with E-state index >= 15 is 0 Å². The van der Waals surface area contributed by atoms with Crippen molar-refractivity contribution in [3.05, 3.63) is 58.8 Å². The van der Waals surface area contributed by atoms with E-state index in [4.69, 9.17) is 11.6 Å². The van der Waals surface area contributed by atoms with Crippen molar-refractivity contribution >= 4 is 22.9 Å². The van der Waals surface area contributed by atoms with Gasteiger partial charge in [0.15, 0.2) is 0 Å². The van der Waals surface area contributed by atoms with Crippen LogP contribution in [-0.4, -0.2) is 0 Å². The molecule has 2 aliphatic rings. The maximum atomic E-state index is 6.01. The first kappa shape index (κ1) is 9.73. The molecule has 0 saturated carbocycles. The fourth-order valence-corrected chi connectivity index (χ4v) is 2.42. The summed E-state index contributed by atoms with van der Waals surface area (Å²) in [6.07, 6.45) is 10.7. The van der Waals surface area contributed by atoms with Crippen molar-refractivity contribution in [1.29, 1.82) is 0 Å². The van der Waals surface area contributed by atoms with Crippen LogP contribution in [0.2, 0.25) is 5.02 Å². The molecule has 0 atom stereocenters. The van der Waals surface area contributed by atoms with Gasteiger partial charge in [-0.15, -0.1) is 0 Å². The Bertz CT molecular complexity index is 524. The molecule has 1 heterocycles. The van der Waals surface area contributed by atoms with Crippen molar-refractivity contribution in [1.82, 2.24) is 0 Å². The number of hydrogen-bond donors (Lipinski definition) is 1. The smallest absolute Gasteiger partial charge is 0.0471 e. The largest absolute Gasteiger partial charge is 0.361 e. The average molecular weight is 230 g/mol. The lowest BCUT2D eigenvalue weighted by molar-refractivity contribution is 1.05. The number of halogens is 1. The van der Waals surface area contributed by atoms with Crippen molar-refractivity contribution in [2.45, 2.75) is 12.8 Å². The summed E-state index contributed by atoms with van der Waals surface area (Å²) in [6, 6.07) is 6.04. The van der Waals surface area contributed by atoms with Gasteiger partial charge in [0.25, 0.3) is 0 Å². The fraction of sp³-hybridized carbons (Fsp3) is 0.143. The van der Waals surface area contributed by atoms with Gasteiger partial charge in [-0.05, 0) is 42.2 Å². The molecule has 1 nitrogen and oxygen atoms in total. The van der Waals surface area contributed by atoms with Gasteiger partial charge in [-0.25, -0.2) is 0 Å². The molecule has 0 amide bonds. The van der Waals surface area contributed by atoms with E-state index in [0.29, 0.717) is 0 Å². The minimum Gasteiger partial charge on any atom is -0.361 e. The normalized spacial score (nSPS) is 17.6. The zero-order chi connectivity index (χ0) is 11.0. The van der Waals surface area contributed by atoms with Crippen LogP contribution in [0, 0.1) is 0 Å². The molecule has 1 aliphatic carbocycles. The highest BCUT2D eigenvalue weighted by Gasteiger charge is 2.14. The van der Waals surface area contributed by atoms with Gasteiger partial charge in [0.05, 0.1) is 0 Å². The maximum Gasteiger partial charge on any atom is 0.0471 e. The summed E-state index contributed by atoms with van der Waals surface area (Å²) in [6.45, 7) is 0. The quantitative estimate of drug-likeness (QED) is 0.696. The molecule has 1 N–H and O–H groups in total. The third kappa shape index (κ3) is 1.57. The number of rotatable bonds is 0. The predicted octanol–water partition coefficient (Wildman–Crippen LogP) is 4.38. The van der Waals surface area contributed by atoms with Crippen LogP contribution in [0.1, 0.15) is 18.4 Å². The second-order valence-electron chi connectivity index (χ2n) is 4.04. The Balaban J connectivity index is 2.22. The van der Waals surface area contributed by atoms with E-state index in [1.165, 1.54) is 16.7 Å². The summed E-state index contributed by atoms with van der Waals surface area (Å²) in [5, 5.41) is 4.05. The SMILES string of the molecule is Clc1ccc2c(c1)NC=CC1=C2CCC=C1. The van der Waals surface area contributed by atoms with Gasteiger partial charge in [-0.2, -0.15) is 0 Å². The van der Waals surface area contributed by atoms with Gasteiger partial charge in [0.1, 0.15) is 0 Å². The molecule has 0 unspecified atom stereocenters. The van der Waals surface area contributed by atoms with Gasteiger partial charge in [0, 0.05) is 22.5 Å². The zero-order valence-electron chi connectivity index (χ0n) is 8.83. The lowest BCUT2D eigenvalue weighted by atomic mass is 9.91. The van der Waals surface area contributed by atoms with Crippen LogP contribution in [0.5, 0.6) is 0 Å². The van der Waals surface area contributed by atoms with E-state index in [0.717, 1.165) is 23.6 Å². The number of allylic oxidation sites excluding steroid dienone is 5. The Morgan fingerprint density at radius 1 is 1.19 bits per heavy atom. The van der Waals surface area contributed by atoms with E-state index in [-0.39, 0.29) is 0 Å². The van der Waals surface area contributed by atoms with Crippen LogP contribution in [0.3, 0.4) is 0 Å². The lowest BCUT2D eigenvalue weighted by Gasteiger charge is -2.15. The van der Waals surface area contributed by atoms with E-state index in [2.05, 4.69) is 29.6 Å². The monoisotopic (exact) mass is 229 g/mol. The highest BCUT2D eigenvalue weighted by atomic mass is 35.5. The Morgan fingerprint density at radius 3 is 3.06 bits per heavy atom. The van der Waals surface area contributed by atoms with Crippen LogP contribution in [0.4, 0.5) is 5.69 Å².